The van der Waals surface area contributed by atoms with E-state index in [0.717, 1.165) is 61.6 Å². The first-order valence-electron chi connectivity index (χ1n) is 11.1. The van der Waals surface area contributed by atoms with Crippen LogP contribution in [0.4, 0.5) is 0 Å². The van der Waals surface area contributed by atoms with Crippen LogP contribution in [0, 0.1) is 6.92 Å². The fraction of sp³-hybridized carbons (Fsp3) is 0.360. The summed E-state index contributed by atoms with van der Waals surface area (Å²) in [5.41, 5.74) is 4.87. The van der Waals surface area contributed by atoms with E-state index in [-0.39, 0.29) is 24.0 Å². The summed E-state index contributed by atoms with van der Waals surface area (Å²) < 4.78 is 5.48. The first-order valence-corrected chi connectivity index (χ1v) is 11.9. The number of nitrogens with one attached hydrogen (secondary N) is 2. The van der Waals surface area contributed by atoms with Crippen molar-refractivity contribution in [3.8, 4) is 10.6 Å². The molecule has 1 fully saturated rings. The predicted octanol–water partition coefficient (Wildman–Crippen LogP) is 4.43. The third kappa shape index (κ3) is 7.23. The van der Waals surface area contributed by atoms with E-state index in [1.807, 2.05) is 25.2 Å². The van der Waals surface area contributed by atoms with Crippen LogP contribution in [0.5, 0.6) is 0 Å². The summed E-state index contributed by atoms with van der Waals surface area (Å²) in [7, 11) is 1.81. The molecule has 0 amide bonds. The average Bonchev–Trinajstić information content (AvgIpc) is 3.22. The number of hydrogen-bond acceptors (Lipinski definition) is 5. The van der Waals surface area contributed by atoms with Gasteiger partial charge in [-0.25, -0.2) is 4.98 Å². The Bertz CT molecular complexity index is 1030. The van der Waals surface area contributed by atoms with Gasteiger partial charge in [-0.05, 0) is 18.1 Å². The van der Waals surface area contributed by atoms with Crippen LogP contribution >= 0.6 is 35.3 Å². The lowest BCUT2D eigenvalue weighted by molar-refractivity contribution is 0.0341. The third-order valence-electron chi connectivity index (χ3n) is 5.62. The summed E-state index contributed by atoms with van der Waals surface area (Å²) in [5.74, 6) is 0.792. The number of aromatic nitrogens is 1. The predicted molar refractivity (Wildman–Crippen MR) is 147 cm³/mol. The second kappa shape index (κ2) is 13.0. The maximum Gasteiger partial charge on any atom is 0.191 e. The van der Waals surface area contributed by atoms with Crippen LogP contribution in [-0.2, 0) is 24.4 Å². The van der Waals surface area contributed by atoms with Gasteiger partial charge in [-0.3, -0.25) is 9.89 Å². The number of nitrogens with zero attached hydrogens (tertiary/aromatic N) is 3. The molecule has 8 heteroatoms. The first kappa shape index (κ1) is 25.6. The van der Waals surface area contributed by atoms with Crippen molar-refractivity contribution in [2.24, 2.45) is 4.99 Å². The summed E-state index contributed by atoms with van der Waals surface area (Å²) in [6, 6.07) is 18.9. The lowest BCUT2D eigenvalue weighted by Crippen LogP contribution is -2.37. The van der Waals surface area contributed by atoms with Crippen LogP contribution < -0.4 is 10.6 Å². The van der Waals surface area contributed by atoms with E-state index in [2.05, 4.69) is 63.8 Å². The number of thiazole rings is 1. The molecular formula is C25H32IN5OS. The Morgan fingerprint density at radius 3 is 2.39 bits per heavy atom. The molecule has 0 spiro atoms. The molecular weight excluding hydrogens is 545 g/mol. The molecule has 6 nitrogen and oxygen atoms in total. The van der Waals surface area contributed by atoms with Gasteiger partial charge in [-0.2, -0.15) is 0 Å². The zero-order chi connectivity index (χ0) is 22.2. The van der Waals surface area contributed by atoms with Gasteiger partial charge in [0.05, 0.1) is 25.5 Å². The van der Waals surface area contributed by atoms with Crippen LogP contribution in [0.2, 0.25) is 0 Å². The number of aryl methyl sites for hydroxylation is 1. The smallest absolute Gasteiger partial charge is 0.191 e. The molecule has 33 heavy (non-hydrogen) atoms. The molecule has 1 saturated heterocycles. The van der Waals surface area contributed by atoms with Crippen molar-refractivity contribution >= 4 is 41.3 Å². The van der Waals surface area contributed by atoms with E-state index in [1.165, 1.54) is 16.0 Å². The first-order chi connectivity index (χ1) is 15.7. The molecule has 0 atom stereocenters. The van der Waals surface area contributed by atoms with Gasteiger partial charge in [0.25, 0.3) is 0 Å². The molecule has 0 unspecified atom stereocenters. The lowest BCUT2D eigenvalue weighted by atomic mass is 10.1. The molecule has 2 heterocycles. The Kier molecular flexibility index (Phi) is 10.1. The van der Waals surface area contributed by atoms with Gasteiger partial charge in [-0.15, -0.1) is 35.3 Å². The molecule has 3 aromatic rings. The third-order valence-corrected chi connectivity index (χ3v) is 6.82. The summed E-state index contributed by atoms with van der Waals surface area (Å²) in [6.45, 7) is 8.07. The Balaban J connectivity index is 0.00000306. The number of morpholine rings is 1. The monoisotopic (exact) mass is 577 g/mol. The highest BCUT2D eigenvalue weighted by Crippen LogP contribution is 2.27. The summed E-state index contributed by atoms with van der Waals surface area (Å²) >= 11 is 1.73. The zero-order valence-corrected chi connectivity index (χ0v) is 22.4. The molecule has 2 aromatic carbocycles. The van der Waals surface area contributed by atoms with Crippen molar-refractivity contribution < 1.29 is 4.74 Å². The Morgan fingerprint density at radius 1 is 1.00 bits per heavy atom. The minimum Gasteiger partial charge on any atom is -0.379 e. The van der Waals surface area contributed by atoms with E-state index in [1.54, 1.807) is 11.3 Å². The van der Waals surface area contributed by atoms with Crippen molar-refractivity contribution in [1.29, 1.82) is 0 Å². The van der Waals surface area contributed by atoms with Gasteiger partial charge in [0.2, 0.25) is 0 Å². The topological polar surface area (TPSA) is 61.8 Å². The van der Waals surface area contributed by atoms with Crippen molar-refractivity contribution in [2.75, 3.05) is 33.4 Å². The van der Waals surface area contributed by atoms with Crippen molar-refractivity contribution in [3.05, 3.63) is 76.3 Å². The minimum absolute atomic E-state index is 0. The molecule has 0 saturated carbocycles. The molecule has 1 aromatic heterocycles. The van der Waals surface area contributed by atoms with Gasteiger partial charge in [0.15, 0.2) is 5.96 Å². The molecule has 2 N–H and O–H groups in total. The van der Waals surface area contributed by atoms with Crippen LogP contribution in [0.15, 0.2) is 59.6 Å². The fourth-order valence-electron chi connectivity index (χ4n) is 3.74. The molecule has 0 aliphatic carbocycles. The second-order valence-corrected chi connectivity index (χ2v) is 8.91. The van der Waals surface area contributed by atoms with Gasteiger partial charge in [0.1, 0.15) is 5.01 Å². The molecule has 0 radical (unpaired) electrons. The SMILES string of the molecule is CN=C(NCc1ccccc1CN1CCOCC1)NCc1sc(-c2ccccc2)nc1C.I. The second-order valence-electron chi connectivity index (χ2n) is 7.83. The summed E-state index contributed by atoms with van der Waals surface area (Å²) in [6.07, 6.45) is 0. The number of hydrogen-bond donors (Lipinski definition) is 2. The van der Waals surface area contributed by atoms with Gasteiger partial charge in [0, 0.05) is 43.7 Å². The van der Waals surface area contributed by atoms with Crippen LogP contribution in [0.1, 0.15) is 21.7 Å². The molecule has 1 aliphatic rings. The highest BCUT2D eigenvalue weighted by atomic mass is 127. The van der Waals surface area contributed by atoms with Gasteiger partial charge >= 0.3 is 0 Å². The number of guanidine groups is 1. The average molecular weight is 578 g/mol. The zero-order valence-electron chi connectivity index (χ0n) is 19.2. The standard InChI is InChI=1S/C25H31N5OS.HI/c1-19-23(32-24(29-19)20-8-4-3-5-9-20)17-28-25(26-2)27-16-21-10-6-7-11-22(21)18-30-12-14-31-15-13-30;/h3-11H,12-18H2,1-2H3,(H2,26,27,28);1H. The molecule has 1 aliphatic heterocycles. The number of rotatable bonds is 7. The lowest BCUT2D eigenvalue weighted by Gasteiger charge is -2.27. The summed E-state index contributed by atoms with van der Waals surface area (Å²) in [5, 5.41) is 7.97. The number of halogens is 1. The van der Waals surface area contributed by atoms with E-state index in [4.69, 9.17) is 9.72 Å². The Labute approximate surface area is 217 Å². The van der Waals surface area contributed by atoms with Crippen molar-refractivity contribution in [1.82, 2.24) is 20.5 Å². The van der Waals surface area contributed by atoms with Gasteiger partial charge < -0.3 is 15.4 Å². The number of benzene rings is 2. The largest absolute Gasteiger partial charge is 0.379 e. The van der Waals surface area contributed by atoms with Crippen molar-refractivity contribution in [3.63, 3.8) is 0 Å². The van der Waals surface area contributed by atoms with Crippen molar-refractivity contribution in [2.45, 2.75) is 26.6 Å². The Hall–Kier alpha value is -2.01. The summed E-state index contributed by atoms with van der Waals surface area (Å²) in [4.78, 5) is 12.8. The van der Waals surface area contributed by atoms with Gasteiger partial charge in [-0.1, -0.05) is 54.6 Å². The van der Waals surface area contributed by atoms with E-state index in [9.17, 15) is 0 Å². The van der Waals surface area contributed by atoms with E-state index in [0.29, 0.717) is 6.54 Å². The van der Waals surface area contributed by atoms with E-state index < -0.39 is 0 Å². The minimum atomic E-state index is 0. The number of ether oxygens (including phenoxy) is 1. The van der Waals surface area contributed by atoms with E-state index >= 15 is 0 Å². The number of aliphatic imine (C=N–C) groups is 1. The van der Waals surface area contributed by atoms with Crippen LogP contribution in [0.25, 0.3) is 10.6 Å². The fourth-order valence-corrected chi connectivity index (χ4v) is 4.75. The maximum absolute atomic E-state index is 5.48. The quantitative estimate of drug-likeness (QED) is 0.247. The maximum atomic E-state index is 5.48. The van der Waals surface area contributed by atoms with Crippen LogP contribution in [-0.4, -0.2) is 49.2 Å². The normalized spacial score (nSPS) is 14.5. The Morgan fingerprint density at radius 2 is 1.67 bits per heavy atom. The highest BCUT2D eigenvalue weighted by Gasteiger charge is 2.13. The molecule has 0 bridgehead atoms. The highest BCUT2D eigenvalue weighted by molar-refractivity contribution is 14.0. The molecule has 4 rings (SSSR count). The van der Waals surface area contributed by atoms with Crippen LogP contribution in [0.3, 0.4) is 0 Å². The molecule has 176 valence electrons.